The Hall–Kier alpha value is -5.43. The van der Waals surface area contributed by atoms with E-state index in [-0.39, 0.29) is 11.1 Å². The maximum absolute atomic E-state index is 16.5. The molecule has 1 atom stereocenters. The number of hydrogen-bond donors (Lipinski definition) is 0. The number of ether oxygens (including phenoxy) is 1. The van der Waals surface area contributed by atoms with Crippen LogP contribution in [0.1, 0.15) is 48.6 Å². The van der Waals surface area contributed by atoms with E-state index in [1.54, 1.807) is 0 Å². The van der Waals surface area contributed by atoms with E-state index in [9.17, 15) is 10.5 Å². The van der Waals surface area contributed by atoms with Crippen LogP contribution in [0.2, 0.25) is 0 Å². The molecule has 0 radical (unpaired) electrons. The standard InChI is InChI=1S/C38H27FN4O/c1-37(2)32-33-35(27(21-41)26(20-40)34(32)39)43-29-16-15-24(22-11-7-5-8-12-22)18-30(29)44-31-19-25(23-13-9-6-10-14-23)17-28(36(31)43)38(33,3)42(37)4/h5-19H,1-4H3. The van der Waals surface area contributed by atoms with Gasteiger partial charge in [0.1, 0.15) is 23.5 Å². The molecule has 5 aromatic carbocycles. The average molecular weight is 575 g/mol. The largest absolute Gasteiger partial charge is 0.453 e. The minimum Gasteiger partial charge on any atom is -0.453 e. The van der Waals surface area contributed by atoms with Gasteiger partial charge < -0.3 is 9.64 Å². The van der Waals surface area contributed by atoms with E-state index in [4.69, 9.17) is 4.74 Å². The summed E-state index contributed by atoms with van der Waals surface area (Å²) in [4.78, 5) is 4.19. The van der Waals surface area contributed by atoms with Crippen molar-refractivity contribution in [2.45, 2.75) is 31.8 Å². The SMILES string of the molecule is CN1C(C)(C)c2c(F)c(C#N)c(C#N)c3c2C1(C)c1cc(-c2ccccc2)cc2c1N3c1ccc(-c3ccccc3)cc1O2. The van der Waals surface area contributed by atoms with Gasteiger partial charge in [0.05, 0.1) is 28.2 Å². The third kappa shape index (κ3) is 3.13. The highest BCUT2D eigenvalue weighted by molar-refractivity contribution is 5.99. The van der Waals surface area contributed by atoms with Crippen molar-refractivity contribution in [3.05, 3.63) is 125 Å². The lowest BCUT2D eigenvalue weighted by atomic mass is 9.75. The minimum atomic E-state index is -0.829. The quantitative estimate of drug-likeness (QED) is 0.206. The second-order valence-electron chi connectivity index (χ2n) is 12.3. The van der Waals surface area contributed by atoms with E-state index in [1.807, 2.05) is 105 Å². The first-order valence-corrected chi connectivity index (χ1v) is 14.6. The summed E-state index contributed by atoms with van der Waals surface area (Å²) < 4.78 is 23.3. The van der Waals surface area contributed by atoms with Gasteiger partial charge in [-0.05, 0) is 74.3 Å². The highest BCUT2D eigenvalue weighted by Crippen LogP contribution is 2.67. The fourth-order valence-corrected chi connectivity index (χ4v) is 7.55. The predicted molar refractivity (Wildman–Crippen MR) is 169 cm³/mol. The summed E-state index contributed by atoms with van der Waals surface area (Å²) in [5, 5.41) is 20.8. The Morgan fingerprint density at radius 1 is 0.682 bits per heavy atom. The molecule has 8 rings (SSSR count). The number of nitriles is 2. The third-order valence-electron chi connectivity index (χ3n) is 9.93. The Balaban J connectivity index is 1.53. The zero-order valence-corrected chi connectivity index (χ0v) is 24.7. The van der Waals surface area contributed by atoms with E-state index < -0.39 is 16.9 Å². The Labute approximate surface area is 255 Å². The van der Waals surface area contributed by atoms with Crippen molar-refractivity contribution in [3.8, 4) is 45.9 Å². The monoisotopic (exact) mass is 574 g/mol. The van der Waals surface area contributed by atoms with Gasteiger partial charge in [-0.15, -0.1) is 0 Å². The normalized spacial score (nSPS) is 18.4. The number of fused-ring (bicyclic) bond motifs is 4. The van der Waals surface area contributed by atoms with Crippen LogP contribution in [0, 0.1) is 28.5 Å². The van der Waals surface area contributed by atoms with Crippen molar-refractivity contribution >= 4 is 17.1 Å². The number of nitrogens with zero attached hydrogens (tertiary/aromatic N) is 4. The maximum atomic E-state index is 16.5. The zero-order chi connectivity index (χ0) is 30.5. The first-order chi connectivity index (χ1) is 21.2. The average Bonchev–Trinajstić information content (AvgIpc) is 3.21. The molecule has 3 aliphatic rings. The van der Waals surface area contributed by atoms with E-state index in [2.05, 4.69) is 36.1 Å². The van der Waals surface area contributed by atoms with Gasteiger partial charge >= 0.3 is 0 Å². The van der Waals surface area contributed by atoms with Crippen LogP contribution < -0.4 is 9.64 Å². The van der Waals surface area contributed by atoms with Crippen LogP contribution in [0.4, 0.5) is 21.5 Å². The van der Waals surface area contributed by atoms with Gasteiger partial charge in [0.25, 0.3) is 0 Å². The summed E-state index contributed by atoms with van der Waals surface area (Å²) in [6, 6.07) is 34.7. The molecule has 0 fully saturated rings. The van der Waals surface area contributed by atoms with Gasteiger partial charge in [-0.25, -0.2) is 4.39 Å². The molecule has 5 aromatic rings. The summed E-state index contributed by atoms with van der Waals surface area (Å²) in [6.07, 6.45) is 0. The van der Waals surface area contributed by atoms with Gasteiger partial charge in [-0.3, -0.25) is 4.90 Å². The number of hydrogen-bond acceptors (Lipinski definition) is 5. The highest BCUT2D eigenvalue weighted by Gasteiger charge is 2.59. The predicted octanol–water partition coefficient (Wildman–Crippen LogP) is 9.24. The van der Waals surface area contributed by atoms with E-state index in [0.29, 0.717) is 28.3 Å². The van der Waals surface area contributed by atoms with E-state index >= 15 is 4.39 Å². The number of rotatable bonds is 2. The van der Waals surface area contributed by atoms with Crippen molar-refractivity contribution in [2.24, 2.45) is 0 Å². The second-order valence-corrected chi connectivity index (χ2v) is 12.3. The molecule has 44 heavy (non-hydrogen) atoms. The smallest absolute Gasteiger partial charge is 0.152 e. The molecule has 3 heterocycles. The summed E-state index contributed by atoms with van der Waals surface area (Å²) in [7, 11) is 1.99. The van der Waals surface area contributed by atoms with Crippen LogP contribution in [0.25, 0.3) is 22.3 Å². The molecule has 5 nitrogen and oxygen atoms in total. The van der Waals surface area contributed by atoms with Gasteiger partial charge in [-0.1, -0.05) is 66.7 Å². The molecule has 0 aromatic heterocycles. The van der Waals surface area contributed by atoms with Crippen molar-refractivity contribution in [1.29, 1.82) is 10.5 Å². The van der Waals surface area contributed by atoms with Crippen molar-refractivity contribution < 1.29 is 9.13 Å². The summed E-state index contributed by atoms with van der Waals surface area (Å²) in [5.74, 6) is 0.626. The van der Waals surface area contributed by atoms with Crippen LogP contribution >= 0.6 is 0 Å². The van der Waals surface area contributed by atoms with Crippen molar-refractivity contribution in [2.75, 3.05) is 11.9 Å². The fraction of sp³-hybridized carbons (Fsp3) is 0.158. The molecule has 0 bridgehead atoms. The molecule has 0 aliphatic carbocycles. The fourth-order valence-electron chi connectivity index (χ4n) is 7.55. The minimum absolute atomic E-state index is 0.0322. The van der Waals surface area contributed by atoms with Crippen molar-refractivity contribution in [1.82, 2.24) is 4.90 Å². The number of benzene rings is 5. The summed E-state index contributed by atoms with van der Waals surface area (Å²) in [6.45, 7) is 6.04. The summed E-state index contributed by atoms with van der Waals surface area (Å²) >= 11 is 0. The lowest BCUT2D eigenvalue weighted by Gasteiger charge is -2.48. The molecular formula is C38H27FN4O. The van der Waals surface area contributed by atoms with Crippen LogP contribution in [-0.2, 0) is 11.1 Å². The molecule has 6 heteroatoms. The lowest BCUT2D eigenvalue weighted by molar-refractivity contribution is 0.0857. The first kappa shape index (κ1) is 26.2. The van der Waals surface area contributed by atoms with E-state index in [1.165, 1.54) is 0 Å². The molecule has 0 N–H and O–H groups in total. The van der Waals surface area contributed by atoms with Crippen LogP contribution in [-0.4, -0.2) is 11.9 Å². The Morgan fingerprint density at radius 3 is 1.93 bits per heavy atom. The number of anilines is 3. The highest BCUT2D eigenvalue weighted by atomic mass is 19.1. The van der Waals surface area contributed by atoms with Gasteiger partial charge in [0.2, 0.25) is 0 Å². The Kier molecular flexibility index (Phi) is 5.24. The molecule has 0 spiro atoms. The van der Waals surface area contributed by atoms with Crippen LogP contribution in [0.3, 0.4) is 0 Å². The molecular weight excluding hydrogens is 547 g/mol. The molecule has 0 saturated carbocycles. The van der Waals surface area contributed by atoms with Gasteiger partial charge in [-0.2, -0.15) is 10.5 Å². The molecule has 0 amide bonds. The lowest BCUT2D eigenvalue weighted by Crippen LogP contribution is -2.47. The van der Waals surface area contributed by atoms with Crippen molar-refractivity contribution in [3.63, 3.8) is 0 Å². The molecule has 1 unspecified atom stereocenters. The zero-order valence-electron chi connectivity index (χ0n) is 24.7. The topological polar surface area (TPSA) is 63.3 Å². The third-order valence-corrected chi connectivity index (χ3v) is 9.93. The Morgan fingerprint density at radius 2 is 1.30 bits per heavy atom. The molecule has 3 aliphatic heterocycles. The second kappa shape index (κ2) is 8.80. The molecule has 212 valence electrons. The van der Waals surface area contributed by atoms with Crippen LogP contribution in [0.5, 0.6) is 11.5 Å². The first-order valence-electron chi connectivity index (χ1n) is 14.6. The Bertz CT molecular complexity index is 2140. The van der Waals surface area contributed by atoms with Crippen LogP contribution in [0.15, 0.2) is 91.0 Å². The van der Waals surface area contributed by atoms with E-state index in [0.717, 1.165) is 39.2 Å². The number of halogens is 1. The summed E-state index contributed by atoms with van der Waals surface area (Å²) in [5.41, 5.74) is 6.39. The molecule has 0 saturated heterocycles. The van der Waals surface area contributed by atoms with Gasteiger partial charge in [0.15, 0.2) is 11.5 Å². The maximum Gasteiger partial charge on any atom is 0.152 e. The van der Waals surface area contributed by atoms with Gasteiger partial charge in [0, 0.05) is 22.2 Å².